The predicted octanol–water partition coefficient (Wildman–Crippen LogP) is 2.12. The molecule has 1 heterocycles. The minimum absolute atomic E-state index is 0.640. The Bertz CT molecular complexity index is 359. The van der Waals surface area contributed by atoms with Crippen molar-refractivity contribution < 1.29 is 0 Å². The zero-order chi connectivity index (χ0) is 11.0. The van der Waals surface area contributed by atoms with Gasteiger partial charge in [0.25, 0.3) is 0 Å². The van der Waals surface area contributed by atoms with Crippen molar-refractivity contribution in [3.05, 3.63) is 12.4 Å². The van der Waals surface area contributed by atoms with E-state index in [0.717, 1.165) is 23.5 Å². The monoisotopic (exact) mass is 218 g/mol. The maximum absolute atomic E-state index is 4.47. The fourth-order valence-electron chi connectivity index (χ4n) is 2.26. The highest BCUT2D eigenvalue weighted by atomic mass is 15.1. The molecule has 86 valence electrons. The SMILES string of the molecule is CNc1cncc(NC(C2CC2)C2CC2)n1. The number of rotatable bonds is 5. The zero-order valence-corrected chi connectivity index (χ0v) is 9.61. The van der Waals surface area contributed by atoms with Gasteiger partial charge < -0.3 is 10.6 Å². The van der Waals surface area contributed by atoms with E-state index in [1.54, 1.807) is 6.20 Å². The molecule has 0 unspecified atom stereocenters. The molecule has 2 aliphatic carbocycles. The average molecular weight is 218 g/mol. The third kappa shape index (κ3) is 2.10. The van der Waals surface area contributed by atoms with Gasteiger partial charge in [-0.1, -0.05) is 0 Å². The molecule has 1 aromatic heterocycles. The largest absolute Gasteiger partial charge is 0.372 e. The summed E-state index contributed by atoms with van der Waals surface area (Å²) in [6.07, 6.45) is 9.09. The quantitative estimate of drug-likeness (QED) is 0.794. The molecule has 0 aliphatic heterocycles. The van der Waals surface area contributed by atoms with Crippen LogP contribution in [-0.4, -0.2) is 23.1 Å². The summed E-state index contributed by atoms with van der Waals surface area (Å²) in [7, 11) is 1.87. The molecule has 2 N–H and O–H groups in total. The summed E-state index contributed by atoms with van der Waals surface area (Å²) < 4.78 is 0. The first-order valence-corrected chi connectivity index (χ1v) is 6.13. The van der Waals surface area contributed by atoms with E-state index in [1.165, 1.54) is 25.7 Å². The molecular weight excluding hydrogens is 200 g/mol. The van der Waals surface area contributed by atoms with E-state index in [-0.39, 0.29) is 0 Å². The van der Waals surface area contributed by atoms with Crippen LogP contribution >= 0.6 is 0 Å². The molecule has 2 aliphatic rings. The Morgan fingerprint density at radius 2 is 1.75 bits per heavy atom. The molecule has 4 nitrogen and oxygen atoms in total. The van der Waals surface area contributed by atoms with Crippen LogP contribution in [0.2, 0.25) is 0 Å². The summed E-state index contributed by atoms with van der Waals surface area (Å²) in [5.41, 5.74) is 0. The zero-order valence-electron chi connectivity index (χ0n) is 9.61. The predicted molar refractivity (Wildman–Crippen MR) is 64.4 cm³/mol. The van der Waals surface area contributed by atoms with Gasteiger partial charge in [-0.3, -0.25) is 4.98 Å². The molecule has 0 atom stereocenters. The number of aromatic nitrogens is 2. The van der Waals surface area contributed by atoms with Crippen LogP contribution in [-0.2, 0) is 0 Å². The molecule has 0 amide bonds. The van der Waals surface area contributed by atoms with Crippen LogP contribution in [0, 0.1) is 11.8 Å². The standard InChI is InChI=1S/C12H18N4/c1-13-10-6-14-7-11(15-10)16-12(8-2-3-8)9-4-5-9/h6-9,12H,2-5H2,1H3,(H2,13,15,16). The van der Waals surface area contributed by atoms with Gasteiger partial charge in [-0.25, -0.2) is 4.98 Å². The second-order valence-electron chi connectivity index (χ2n) is 4.88. The summed E-state index contributed by atoms with van der Waals surface area (Å²) in [5, 5.41) is 6.58. The van der Waals surface area contributed by atoms with Crippen molar-refractivity contribution in [2.45, 2.75) is 31.7 Å². The molecule has 0 spiro atoms. The van der Waals surface area contributed by atoms with Gasteiger partial charge >= 0.3 is 0 Å². The van der Waals surface area contributed by atoms with E-state index >= 15 is 0 Å². The van der Waals surface area contributed by atoms with Crippen LogP contribution in [0.3, 0.4) is 0 Å². The topological polar surface area (TPSA) is 49.8 Å². The Balaban J connectivity index is 1.70. The fraction of sp³-hybridized carbons (Fsp3) is 0.667. The second kappa shape index (κ2) is 3.92. The maximum atomic E-state index is 4.47. The highest BCUT2D eigenvalue weighted by Crippen LogP contribution is 2.45. The van der Waals surface area contributed by atoms with Gasteiger partial charge in [0.1, 0.15) is 11.6 Å². The molecular formula is C12H18N4. The van der Waals surface area contributed by atoms with Gasteiger partial charge in [0.2, 0.25) is 0 Å². The van der Waals surface area contributed by atoms with Gasteiger partial charge in [0.05, 0.1) is 12.4 Å². The number of anilines is 2. The van der Waals surface area contributed by atoms with Crippen LogP contribution in [0.4, 0.5) is 11.6 Å². The smallest absolute Gasteiger partial charge is 0.147 e. The van der Waals surface area contributed by atoms with Crippen LogP contribution in [0.1, 0.15) is 25.7 Å². The normalized spacial score (nSPS) is 19.9. The Kier molecular flexibility index (Phi) is 2.42. The van der Waals surface area contributed by atoms with Gasteiger partial charge in [0.15, 0.2) is 0 Å². The van der Waals surface area contributed by atoms with Crippen LogP contribution < -0.4 is 10.6 Å². The highest BCUT2D eigenvalue weighted by molar-refractivity contribution is 5.42. The molecule has 4 heteroatoms. The third-order valence-electron chi connectivity index (χ3n) is 3.46. The minimum Gasteiger partial charge on any atom is -0.372 e. The Morgan fingerprint density at radius 1 is 1.12 bits per heavy atom. The number of hydrogen-bond acceptors (Lipinski definition) is 4. The van der Waals surface area contributed by atoms with Crippen molar-refractivity contribution >= 4 is 11.6 Å². The van der Waals surface area contributed by atoms with Crippen molar-refractivity contribution in [1.82, 2.24) is 9.97 Å². The molecule has 1 aromatic rings. The Morgan fingerprint density at radius 3 is 2.31 bits per heavy atom. The molecule has 0 saturated heterocycles. The lowest BCUT2D eigenvalue weighted by Gasteiger charge is -2.18. The third-order valence-corrected chi connectivity index (χ3v) is 3.46. The van der Waals surface area contributed by atoms with Gasteiger partial charge in [-0.2, -0.15) is 0 Å². The molecule has 0 radical (unpaired) electrons. The first kappa shape index (κ1) is 9.87. The van der Waals surface area contributed by atoms with E-state index in [0.29, 0.717) is 6.04 Å². The highest BCUT2D eigenvalue weighted by Gasteiger charge is 2.41. The molecule has 2 saturated carbocycles. The first-order chi connectivity index (χ1) is 7.86. The van der Waals surface area contributed by atoms with E-state index in [1.807, 2.05) is 13.2 Å². The van der Waals surface area contributed by atoms with E-state index in [2.05, 4.69) is 20.6 Å². The average Bonchev–Trinajstić information content (AvgIpc) is 3.18. The summed E-state index contributed by atoms with van der Waals surface area (Å²) in [6, 6.07) is 0.640. The molecule has 2 fully saturated rings. The van der Waals surface area contributed by atoms with Crippen molar-refractivity contribution in [3.8, 4) is 0 Å². The summed E-state index contributed by atoms with van der Waals surface area (Å²) in [4.78, 5) is 8.65. The van der Waals surface area contributed by atoms with Crippen molar-refractivity contribution in [3.63, 3.8) is 0 Å². The second-order valence-corrected chi connectivity index (χ2v) is 4.88. The lowest BCUT2D eigenvalue weighted by atomic mass is 10.1. The number of nitrogens with zero attached hydrogens (tertiary/aromatic N) is 2. The van der Waals surface area contributed by atoms with Gasteiger partial charge in [0, 0.05) is 13.1 Å². The van der Waals surface area contributed by atoms with E-state index < -0.39 is 0 Å². The fourth-order valence-corrected chi connectivity index (χ4v) is 2.26. The molecule has 0 bridgehead atoms. The van der Waals surface area contributed by atoms with E-state index in [9.17, 15) is 0 Å². The lowest BCUT2D eigenvalue weighted by Crippen LogP contribution is -2.25. The summed E-state index contributed by atoms with van der Waals surface area (Å²) in [6.45, 7) is 0. The van der Waals surface area contributed by atoms with Crippen LogP contribution in [0.5, 0.6) is 0 Å². The van der Waals surface area contributed by atoms with Crippen molar-refractivity contribution in [2.24, 2.45) is 11.8 Å². The number of hydrogen-bond donors (Lipinski definition) is 2. The van der Waals surface area contributed by atoms with Crippen LogP contribution in [0.15, 0.2) is 12.4 Å². The van der Waals surface area contributed by atoms with Crippen LogP contribution in [0.25, 0.3) is 0 Å². The van der Waals surface area contributed by atoms with Gasteiger partial charge in [-0.15, -0.1) is 0 Å². The summed E-state index contributed by atoms with van der Waals surface area (Å²) in [5.74, 6) is 3.51. The lowest BCUT2D eigenvalue weighted by molar-refractivity contribution is 0.565. The van der Waals surface area contributed by atoms with E-state index in [4.69, 9.17) is 0 Å². The van der Waals surface area contributed by atoms with Crippen molar-refractivity contribution in [2.75, 3.05) is 17.7 Å². The summed E-state index contributed by atoms with van der Waals surface area (Å²) >= 11 is 0. The van der Waals surface area contributed by atoms with Crippen molar-refractivity contribution in [1.29, 1.82) is 0 Å². The van der Waals surface area contributed by atoms with Gasteiger partial charge in [-0.05, 0) is 37.5 Å². The maximum Gasteiger partial charge on any atom is 0.147 e. The number of nitrogens with one attached hydrogen (secondary N) is 2. The molecule has 0 aromatic carbocycles. The Hall–Kier alpha value is -1.32. The minimum atomic E-state index is 0.640. The first-order valence-electron chi connectivity index (χ1n) is 6.13. The molecule has 3 rings (SSSR count). The molecule has 16 heavy (non-hydrogen) atoms. The Labute approximate surface area is 95.9 Å².